The lowest BCUT2D eigenvalue weighted by molar-refractivity contribution is -0.384. The Labute approximate surface area is 164 Å². The molecule has 3 aromatic rings. The van der Waals surface area contributed by atoms with Crippen LogP contribution in [0.25, 0.3) is 11.5 Å². The average Bonchev–Trinajstić information content (AvgIpc) is 3.40. The molecule has 1 saturated heterocycles. The standard InChI is InChI=1S/C17H16N4O5S2/c22-21(23)14-1-3-15(4-2-14)28(24,25)20-8-5-12(6-9-20)16-18-19-17(26-16)13-7-10-27-11-13/h1-4,7,10-12H,5-6,8-9H2. The number of benzene rings is 1. The number of hydrogen-bond acceptors (Lipinski definition) is 8. The van der Waals surface area contributed by atoms with Crippen LogP contribution in [0.4, 0.5) is 5.69 Å². The van der Waals surface area contributed by atoms with Gasteiger partial charge in [0.05, 0.1) is 9.82 Å². The number of thiophene rings is 1. The highest BCUT2D eigenvalue weighted by Crippen LogP contribution is 2.32. The summed E-state index contributed by atoms with van der Waals surface area (Å²) in [6.07, 6.45) is 1.13. The molecule has 1 aliphatic rings. The fraction of sp³-hybridized carbons (Fsp3) is 0.294. The van der Waals surface area contributed by atoms with Crippen LogP contribution in [0.2, 0.25) is 0 Å². The Morgan fingerprint density at radius 2 is 1.86 bits per heavy atom. The maximum Gasteiger partial charge on any atom is 0.269 e. The minimum absolute atomic E-state index is 0.00296. The molecule has 0 saturated carbocycles. The molecule has 0 aliphatic carbocycles. The summed E-state index contributed by atoms with van der Waals surface area (Å²) < 4.78 is 32.7. The van der Waals surface area contributed by atoms with Gasteiger partial charge < -0.3 is 4.42 Å². The first kappa shape index (κ1) is 18.7. The van der Waals surface area contributed by atoms with E-state index in [1.54, 1.807) is 11.3 Å². The van der Waals surface area contributed by atoms with Crippen LogP contribution in [0, 0.1) is 10.1 Å². The van der Waals surface area contributed by atoms with Gasteiger partial charge in [-0.25, -0.2) is 8.42 Å². The normalized spacial score (nSPS) is 16.3. The fourth-order valence-electron chi connectivity index (χ4n) is 3.13. The monoisotopic (exact) mass is 420 g/mol. The van der Waals surface area contributed by atoms with Crippen LogP contribution in [0.1, 0.15) is 24.7 Å². The lowest BCUT2D eigenvalue weighted by Crippen LogP contribution is -2.37. The van der Waals surface area contributed by atoms with Gasteiger partial charge >= 0.3 is 0 Å². The second-order valence-corrected chi connectivity index (χ2v) is 9.10. The Kier molecular flexibility index (Phi) is 4.96. The van der Waals surface area contributed by atoms with Crippen molar-refractivity contribution in [3.63, 3.8) is 0 Å². The van der Waals surface area contributed by atoms with Gasteiger partial charge in [-0.15, -0.1) is 10.2 Å². The molecule has 0 unspecified atom stereocenters. The summed E-state index contributed by atoms with van der Waals surface area (Å²) in [5.41, 5.74) is 0.734. The van der Waals surface area contributed by atoms with Crippen LogP contribution in [-0.4, -0.2) is 40.9 Å². The Morgan fingerprint density at radius 1 is 1.14 bits per heavy atom. The summed E-state index contributed by atoms with van der Waals surface area (Å²) in [4.78, 5) is 10.2. The van der Waals surface area contributed by atoms with Crippen LogP contribution in [0.5, 0.6) is 0 Å². The van der Waals surface area contributed by atoms with Crippen LogP contribution < -0.4 is 0 Å². The second-order valence-electron chi connectivity index (χ2n) is 6.39. The smallest absolute Gasteiger partial charge is 0.269 e. The highest BCUT2D eigenvalue weighted by Gasteiger charge is 2.32. The Morgan fingerprint density at radius 3 is 2.46 bits per heavy atom. The van der Waals surface area contributed by atoms with Gasteiger partial charge in [0.15, 0.2) is 0 Å². The Hall–Kier alpha value is -2.63. The molecule has 2 aromatic heterocycles. The van der Waals surface area contributed by atoms with Crippen molar-refractivity contribution in [1.82, 2.24) is 14.5 Å². The molecule has 9 nitrogen and oxygen atoms in total. The highest BCUT2D eigenvalue weighted by molar-refractivity contribution is 7.89. The van der Waals surface area contributed by atoms with Gasteiger partial charge in [-0.05, 0) is 36.4 Å². The van der Waals surface area contributed by atoms with Gasteiger partial charge in [-0.1, -0.05) is 0 Å². The minimum Gasteiger partial charge on any atom is -0.420 e. The molecule has 3 heterocycles. The molecule has 0 N–H and O–H groups in total. The van der Waals surface area contributed by atoms with Crippen molar-refractivity contribution in [2.24, 2.45) is 0 Å². The lowest BCUT2D eigenvalue weighted by atomic mass is 9.98. The van der Waals surface area contributed by atoms with Gasteiger partial charge in [0.25, 0.3) is 5.69 Å². The Bertz CT molecular complexity index is 1070. The van der Waals surface area contributed by atoms with E-state index in [1.807, 2.05) is 16.8 Å². The number of hydrogen-bond donors (Lipinski definition) is 0. The SMILES string of the molecule is O=[N+]([O-])c1ccc(S(=O)(=O)N2CCC(c3nnc(-c4ccsc4)o3)CC2)cc1. The van der Waals surface area contributed by atoms with Gasteiger partial charge in [0, 0.05) is 42.1 Å². The van der Waals surface area contributed by atoms with Gasteiger partial charge in [-0.2, -0.15) is 15.6 Å². The summed E-state index contributed by atoms with van der Waals surface area (Å²) >= 11 is 1.54. The van der Waals surface area contributed by atoms with Crippen molar-refractivity contribution in [2.75, 3.05) is 13.1 Å². The van der Waals surface area contributed by atoms with Crippen molar-refractivity contribution in [3.8, 4) is 11.5 Å². The highest BCUT2D eigenvalue weighted by atomic mass is 32.2. The minimum atomic E-state index is -3.69. The number of sulfonamides is 1. The van der Waals surface area contributed by atoms with Crippen LogP contribution in [0.15, 0.2) is 50.4 Å². The summed E-state index contributed by atoms with van der Waals surface area (Å²) in [7, 11) is -3.69. The topological polar surface area (TPSA) is 119 Å². The zero-order chi connectivity index (χ0) is 19.7. The van der Waals surface area contributed by atoms with E-state index >= 15 is 0 Å². The van der Waals surface area contributed by atoms with E-state index in [1.165, 1.54) is 28.6 Å². The van der Waals surface area contributed by atoms with E-state index in [0.717, 1.165) is 5.56 Å². The van der Waals surface area contributed by atoms with Gasteiger partial charge in [0.1, 0.15) is 0 Å². The quantitative estimate of drug-likeness (QED) is 0.459. The molecular formula is C17H16N4O5S2. The lowest BCUT2D eigenvalue weighted by Gasteiger charge is -2.29. The number of non-ortho nitro benzene ring substituents is 1. The van der Waals surface area contributed by atoms with E-state index in [4.69, 9.17) is 4.42 Å². The molecule has 0 atom stereocenters. The van der Waals surface area contributed by atoms with E-state index in [-0.39, 0.29) is 16.5 Å². The first-order chi connectivity index (χ1) is 13.4. The molecule has 1 fully saturated rings. The van der Waals surface area contributed by atoms with Crippen molar-refractivity contribution < 1.29 is 17.8 Å². The zero-order valence-corrected chi connectivity index (χ0v) is 16.2. The van der Waals surface area contributed by atoms with E-state index in [9.17, 15) is 18.5 Å². The van der Waals surface area contributed by atoms with Gasteiger partial charge in [-0.3, -0.25) is 10.1 Å². The van der Waals surface area contributed by atoms with Gasteiger partial charge in [0.2, 0.25) is 21.8 Å². The molecule has 28 heavy (non-hydrogen) atoms. The molecule has 0 radical (unpaired) electrons. The maximum atomic E-state index is 12.8. The van der Waals surface area contributed by atoms with E-state index in [2.05, 4.69) is 10.2 Å². The fourth-order valence-corrected chi connectivity index (χ4v) is 5.23. The molecule has 0 spiro atoms. The number of nitro benzene ring substituents is 1. The maximum absolute atomic E-state index is 12.8. The zero-order valence-electron chi connectivity index (χ0n) is 14.6. The Balaban J connectivity index is 1.44. The molecule has 1 aliphatic heterocycles. The number of nitrogens with zero attached hydrogens (tertiary/aromatic N) is 4. The molecule has 1 aromatic carbocycles. The third kappa shape index (κ3) is 3.55. The van der Waals surface area contributed by atoms with Crippen LogP contribution in [0.3, 0.4) is 0 Å². The number of aromatic nitrogens is 2. The molecule has 0 bridgehead atoms. The molecule has 11 heteroatoms. The third-order valence-corrected chi connectivity index (χ3v) is 7.29. The summed E-state index contributed by atoms with van der Waals surface area (Å²) in [5.74, 6) is 0.994. The van der Waals surface area contributed by atoms with E-state index < -0.39 is 14.9 Å². The summed E-state index contributed by atoms with van der Waals surface area (Å²) in [6, 6.07) is 6.84. The van der Waals surface area contributed by atoms with Crippen molar-refractivity contribution in [1.29, 1.82) is 0 Å². The summed E-state index contributed by atoms with van der Waals surface area (Å²) in [5, 5.41) is 22.8. The molecule has 146 valence electrons. The predicted molar refractivity (Wildman–Crippen MR) is 101 cm³/mol. The summed E-state index contributed by atoms with van der Waals surface area (Å²) in [6.45, 7) is 0.639. The first-order valence-corrected chi connectivity index (χ1v) is 10.9. The number of rotatable bonds is 5. The number of nitro groups is 1. The first-order valence-electron chi connectivity index (χ1n) is 8.56. The number of piperidine rings is 1. The molecule has 4 rings (SSSR count). The van der Waals surface area contributed by atoms with Crippen LogP contribution in [-0.2, 0) is 10.0 Å². The van der Waals surface area contributed by atoms with Crippen molar-refractivity contribution in [2.45, 2.75) is 23.7 Å². The van der Waals surface area contributed by atoms with Crippen molar-refractivity contribution >= 4 is 27.0 Å². The average molecular weight is 420 g/mol. The molecular weight excluding hydrogens is 404 g/mol. The van der Waals surface area contributed by atoms with Crippen molar-refractivity contribution in [3.05, 3.63) is 57.1 Å². The largest absolute Gasteiger partial charge is 0.420 e. The van der Waals surface area contributed by atoms with E-state index in [0.29, 0.717) is 37.7 Å². The molecule has 0 amide bonds. The third-order valence-electron chi connectivity index (χ3n) is 4.70. The predicted octanol–water partition coefficient (Wildman–Crippen LogP) is 3.27. The second kappa shape index (κ2) is 7.41. The van der Waals surface area contributed by atoms with Crippen LogP contribution >= 0.6 is 11.3 Å².